The summed E-state index contributed by atoms with van der Waals surface area (Å²) in [6.45, 7) is 0. The SMILES string of the molecule is FC(F)(F)c1ccc2nc(CCl)oc2c1. The fourth-order valence-corrected chi connectivity index (χ4v) is 1.32. The Morgan fingerprint density at radius 3 is 2.67 bits per heavy atom. The van der Waals surface area contributed by atoms with Gasteiger partial charge in [0.2, 0.25) is 5.89 Å². The summed E-state index contributed by atoms with van der Waals surface area (Å²) in [6.07, 6.45) is -4.37. The summed E-state index contributed by atoms with van der Waals surface area (Å²) < 4.78 is 42.0. The van der Waals surface area contributed by atoms with Gasteiger partial charge in [-0.25, -0.2) is 4.98 Å². The highest BCUT2D eigenvalue weighted by Crippen LogP contribution is 2.31. The number of hydrogen-bond acceptors (Lipinski definition) is 2. The molecule has 0 atom stereocenters. The molecule has 0 N–H and O–H groups in total. The molecule has 1 aromatic heterocycles. The molecular weight excluding hydrogens is 231 g/mol. The van der Waals surface area contributed by atoms with Crippen LogP contribution < -0.4 is 0 Å². The molecule has 1 heterocycles. The van der Waals surface area contributed by atoms with Gasteiger partial charge in [0.1, 0.15) is 5.52 Å². The van der Waals surface area contributed by atoms with E-state index in [1.165, 1.54) is 6.07 Å². The summed E-state index contributed by atoms with van der Waals surface area (Å²) in [6, 6.07) is 3.14. The summed E-state index contributed by atoms with van der Waals surface area (Å²) in [5, 5.41) is 0. The molecule has 2 aromatic rings. The molecule has 80 valence electrons. The van der Waals surface area contributed by atoms with Gasteiger partial charge in [-0.1, -0.05) is 0 Å². The van der Waals surface area contributed by atoms with Gasteiger partial charge in [0.15, 0.2) is 5.58 Å². The van der Waals surface area contributed by atoms with E-state index in [0.717, 1.165) is 12.1 Å². The number of hydrogen-bond donors (Lipinski definition) is 0. The molecule has 0 spiro atoms. The standard InChI is InChI=1S/C9H5ClF3NO/c10-4-8-14-6-2-1-5(9(11,12)13)3-7(6)15-8/h1-3H,4H2. The van der Waals surface area contributed by atoms with Crippen LogP contribution in [0.3, 0.4) is 0 Å². The average Bonchev–Trinajstić information content (AvgIpc) is 2.57. The third-order valence-electron chi connectivity index (χ3n) is 1.87. The van der Waals surface area contributed by atoms with E-state index in [-0.39, 0.29) is 17.4 Å². The second kappa shape index (κ2) is 3.41. The first-order valence-corrected chi connectivity index (χ1v) is 4.57. The van der Waals surface area contributed by atoms with Crippen LogP contribution in [0.5, 0.6) is 0 Å². The second-order valence-electron chi connectivity index (χ2n) is 2.92. The smallest absolute Gasteiger partial charge is 0.416 e. The first kappa shape index (κ1) is 10.3. The predicted octanol–water partition coefficient (Wildman–Crippen LogP) is 3.59. The number of benzene rings is 1. The largest absolute Gasteiger partial charge is 0.439 e. The predicted molar refractivity (Wildman–Crippen MR) is 48.6 cm³/mol. The molecule has 15 heavy (non-hydrogen) atoms. The minimum Gasteiger partial charge on any atom is -0.439 e. The maximum Gasteiger partial charge on any atom is 0.416 e. The molecule has 1 aromatic carbocycles. The van der Waals surface area contributed by atoms with Gasteiger partial charge in [-0.05, 0) is 18.2 Å². The lowest BCUT2D eigenvalue weighted by Crippen LogP contribution is -2.03. The zero-order chi connectivity index (χ0) is 11.1. The number of rotatable bonds is 1. The Balaban J connectivity index is 2.55. The highest BCUT2D eigenvalue weighted by Gasteiger charge is 2.31. The van der Waals surface area contributed by atoms with Gasteiger partial charge in [-0.3, -0.25) is 0 Å². The topological polar surface area (TPSA) is 26.0 Å². The van der Waals surface area contributed by atoms with Gasteiger partial charge >= 0.3 is 6.18 Å². The van der Waals surface area contributed by atoms with E-state index in [1.54, 1.807) is 0 Å². The van der Waals surface area contributed by atoms with Crippen molar-refractivity contribution in [2.45, 2.75) is 12.1 Å². The Bertz CT molecular complexity index is 492. The van der Waals surface area contributed by atoms with Crippen LogP contribution in [0.2, 0.25) is 0 Å². The maximum absolute atomic E-state index is 12.3. The average molecular weight is 236 g/mol. The number of aromatic nitrogens is 1. The summed E-state index contributed by atoms with van der Waals surface area (Å²) in [7, 11) is 0. The Morgan fingerprint density at radius 2 is 2.07 bits per heavy atom. The zero-order valence-electron chi connectivity index (χ0n) is 7.31. The van der Waals surface area contributed by atoms with Crippen molar-refractivity contribution in [1.82, 2.24) is 4.98 Å². The molecule has 0 aliphatic carbocycles. The van der Waals surface area contributed by atoms with Gasteiger partial charge in [-0.2, -0.15) is 13.2 Å². The van der Waals surface area contributed by atoms with Crippen molar-refractivity contribution in [3.8, 4) is 0 Å². The van der Waals surface area contributed by atoms with E-state index >= 15 is 0 Å². The molecule has 2 rings (SSSR count). The molecule has 0 unspecified atom stereocenters. The summed E-state index contributed by atoms with van der Waals surface area (Å²) >= 11 is 5.45. The molecule has 2 nitrogen and oxygen atoms in total. The fraction of sp³-hybridized carbons (Fsp3) is 0.222. The Kier molecular flexibility index (Phi) is 2.34. The van der Waals surface area contributed by atoms with Gasteiger partial charge in [-0.15, -0.1) is 11.6 Å². The van der Waals surface area contributed by atoms with Crippen LogP contribution in [0.4, 0.5) is 13.2 Å². The van der Waals surface area contributed by atoms with Crippen LogP contribution in [0.1, 0.15) is 11.5 Å². The Labute approximate surface area is 87.7 Å². The number of oxazole rings is 1. The molecular formula is C9H5ClF3NO. The van der Waals surface area contributed by atoms with E-state index in [9.17, 15) is 13.2 Å². The summed E-state index contributed by atoms with van der Waals surface area (Å²) in [4.78, 5) is 3.89. The number of fused-ring (bicyclic) bond motifs is 1. The number of halogens is 4. The molecule has 0 amide bonds. The van der Waals surface area contributed by atoms with Gasteiger partial charge in [0, 0.05) is 0 Å². The van der Waals surface area contributed by atoms with E-state index < -0.39 is 11.7 Å². The van der Waals surface area contributed by atoms with Crippen LogP contribution in [-0.2, 0) is 12.1 Å². The van der Waals surface area contributed by atoms with E-state index in [0.29, 0.717) is 5.52 Å². The van der Waals surface area contributed by atoms with Crippen molar-refractivity contribution in [1.29, 1.82) is 0 Å². The first-order valence-electron chi connectivity index (χ1n) is 4.03. The van der Waals surface area contributed by atoms with Crippen molar-refractivity contribution in [2.75, 3.05) is 0 Å². The van der Waals surface area contributed by atoms with Crippen molar-refractivity contribution in [2.24, 2.45) is 0 Å². The summed E-state index contributed by atoms with van der Waals surface area (Å²) in [5.41, 5.74) is -0.286. The fourth-order valence-electron chi connectivity index (χ4n) is 1.21. The number of nitrogens with zero attached hydrogens (tertiary/aromatic N) is 1. The zero-order valence-corrected chi connectivity index (χ0v) is 8.06. The monoisotopic (exact) mass is 235 g/mol. The molecule has 0 aliphatic heterocycles. The Morgan fingerprint density at radius 1 is 1.33 bits per heavy atom. The second-order valence-corrected chi connectivity index (χ2v) is 3.19. The first-order chi connectivity index (χ1) is 7.00. The number of alkyl halides is 4. The minimum absolute atomic E-state index is 0.0377. The third-order valence-corrected chi connectivity index (χ3v) is 2.10. The molecule has 0 saturated heterocycles. The lowest BCUT2D eigenvalue weighted by Gasteiger charge is -2.04. The maximum atomic E-state index is 12.3. The van der Waals surface area contributed by atoms with Gasteiger partial charge < -0.3 is 4.42 Å². The van der Waals surface area contributed by atoms with Crippen molar-refractivity contribution in [3.63, 3.8) is 0 Å². The van der Waals surface area contributed by atoms with E-state index in [4.69, 9.17) is 16.0 Å². The van der Waals surface area contributed by atoms with Crippen molar-refractivity contribution >= 4 is 22.7 Å². The summed E-state index contributed by atoms with van der Waals surface area (Å²) in [5.74, 6) is 0.252. The van der Waals surface area contributed by atoms with Crippen LogP contribution >= 0.6 is 11.6 Å². The van der Waals surface area contributed by atoms with Gasteiger partial charge in [0.05, 0.1) is 11.4 Å². The highest BCUT2D eigenvalue weighted by molar-refractivity contribution is 6.16. The van der Waals surface area contributed by atoms with Crippen molar-refractivity contribution < 1.29 is 17.6 Å². The Hall–Kier alpha value is -1.23. The van der Waals surface area contributed by atoms with Crippen LogP contribution in [-0.4, -0.2) is 4.98 Å². The quantitative estimate of drug-likeness (QED) is 0.706. The van der Waals surface area contributed by atoms with Crippen LogP contribution in [0.25, 0.3) is 11.1 Å². The molecule has 6 heteroatoms. The van der Waals surface area contributed by atoms with Gasteiger partial charge in [0.25, 0.3) is 0 Å². The van der Waals surface area contributed by atoms with Crippen LogP contribution in [0, 0.1) is 0 Å². The third kappa shape index (κ3) is 1.92. The molecule has 0 saturated carbocycles. The van der Waals surface area contributed by atoms with E-state index in [2.05, 4.69) is 4.98 Å². The molecule has 0 radical (unpaired) electrons. The van der Waals surface area contributed by atoms with Crippen LogP contribution in [0.15, 0.2) is 22.6 Å². The molecule has 0 fully saturated rings. The minimum atomic E-state index is -4.37. The van der Waals surface area contributed by atoms with E-state index in [1.807, 2.05) is 0 Å². The molecule has 0 bridgehead atoms. The van der Waals surface area contributed by atoms with Crippen molar-refractivity contribution in [3.05, 3.63) is 29.7 Å². The normalized spacial score (nSPS) is 12.3. The molecule has 0 aliphatic rings. The lowest BCUT2D eigenvalue weighted by atomic mass is 10.2. The highest BCUT2D eigenvalue weighted by atomic mass is 35.5. The lowest BCUT2D eigenvalue weighted by molar-refractivity contribution is -0.137.